The van der Waals surface area contributed by atoms with Crippen LogP contribution in [0.2, 0.25) is 0 Å². The molecule has 0 aromatic heterocycles. The fraction of sp³-hybridized carbons (Fsp3) is 0.375. The van der Waals surface area contributed by atoms with E-state index in [0.29, 0.717) is 23.2 Å². The molecule has 7 heteroatoms. The maximum atomic E-state index is 12.6. The fourth-order valence-corrected chi connectivity index (χ4v) is 2.66. The van der Waals surface area contributed by atoms with Crippen molar-refractivity contribution >= 4 is 24.4 Å². The molecule has 0 radical (unpaired) electrons. The van der Waals surface area contributed by atoms with Crippen LogP contribution in [-0.2, 0) is 20.9 Å². The standard InChI is InChI=1S/C16H18N2O5/c1-17-15(21)13(5-3-7-19)18-10-12-11(16(18)22)4-2-6-14(12)23-9-8-20/h2,4,6-8,13H,3,5,9-10H2,1H3,(H,17,21). The molecule has 1 heterocycles. The molecule has 1 aliphatic heterocycles. The highest BCUT2D eigenvalue weighted by molar-refractivity contribution is 6.01. The van der Waals surface area contributed by atoms with E-state index in [1.54, 1.807) is 18.2 Å². The highest BCUT2D eigenvalue weighted by atomic mass is 16.5. The van der Waals surface area contributed by atoms with Crippen LogP contribution in [0.5, 0.6) is 5.75 Å². The summed E-state index contributed by atoms with van der Waals surface area (Å²) >= 11 is 0. The Morgan fingerprint density at radius 3 is 2.83 bits per heavy atom. The van der Waals surface area contributed by atoms with Crippen LogP contribution in [0.3, 0.4) is 0 Å². The minimum absolute atomic E-state index is 0.103. The van der Waals surface area contributed by atoms with Crippen LogP contribution in [0.25, 0.3) is 0 Å². The van der Waals surface area contributed by atoms with Gasteiger partial charge in [-0.2, -0.15) is 0 Å². The Kier molecular flexibility index (Phi) is 5.46. The topological polar surface area (TPSA) is 92.8 Å². The number of carbonyl (C=O) groups is 4. The molecule has 0 fully saturated rings. The SMILES string of the molecule is CNC(=O)C(CCC=O)N1Cc2c(OCC=O)cccc2C1=O. The van der Waals surface area contributed by atoms with E-state index in [2.05, 4.69) is 5.32 Å². The van der Waals surface area contributed by atoms with Crippen LogP contribution in [0.15, 0.2) is 18.2 Å². The Hall–Kier alpha value is -2.70. The number of amides is 2. The lowest BCUT2D eigenvalue weighted by Gasteiger charge is -2.25. The molecule has 0 bridgehead atoms. The highest BCUT2D eigenvalue weighted by Gasteiger charge is 2.37. The molecule has 1 N–H and O–H groups in total. The van der Waals surface area contributed by atoms with Crippen LogP contribution in [-0.4, -0.2) is 49.0 Å². The Morgan fingerprint density at radius 1 is 1.39 bits per heavy atom. The van der Waals surface area contributed by atoms with Gasteiger partial charge in [0.1, 0.15) is 24.7 Å². The summed E-state index contributed by atoms with van der Waals surface area (Å²) in [7, 11) is 1.49. The summed E-state index contributed by atoms with van der Waals surface area (Å²) in [5.74, 6) is -0.143. The molecular formula is C16H18N2O5. The van der Waals surface area contributed by atoms with Crippen molar-refractivity contribution in [1.82, 2.24) is 10.2 Å². The van der Waals surface area contributed by atoms with Crippen molar-refractivity contribution in [2.75, 3.05) is 13.7 Å². The number of nitrogens with zero attached hydrogens (tertiary/aromatic N) is 1. The lowest BCUT2D eigenvalue weighted by atomic mass is 10.1. The molecule has 122 valence electrons. The number of rotatable bonds is 8. The van der Waals surface area contributed by atoms with Gasteiger partial charge in [-0.3, -0.25) is 14.4 Å². The monoisotopic (exact) mass is 318 g/mol. The predicted octanol–water partition coefficient (Wildman–Crippen LogP) is 0.314. The van der Waals surface area contributed by atoms with Gasteiger partial charge >= 0.3 is 0 Å². The minimum Gasteiger partial charge on any atom is -0.486 e. The first-order valence-electron chi connectivity index (χ1n) is 7.28. The number of fused-ring (bicyclic) bond motifs is 1. The molecule has 1 aromatic carbocycles. The smallest absolute Gasteiger partial charge is 0.255 e. The second kappa shape index (κ2) is 7.53. The van der Waals surface area contributed by atoms with E-state index in [1.807, 2.05) is 0 Å². The van der Waals surface area contributed by atoms with Crippen molar-refractivity contribution in [2.45, 2.75) is 25.4 Å². The molecule has 2 rings (SSSR count). The molecule has 1 aliphatic rings. The normalized spacial score (nSPS) is 14.1. The van der Waals surface area contributed by atoms with Crippen LogP contribution in [0.1, 0.15) is 28.8 Å². The summed E-state index contributed by atoms with van der Waals surface area (Å²) in [6, 6.07) is 4.29. The molecule has 2 amide bonds. The summed E-state index contributed by atoms with van der Waals surface area (Å²) in [6.45, 7) is 0.106. The van der Waals surface area contributed by atoms with E-state index in [9.17, 15) is 19.2 Å². The Balaban J connectivity index is 2.28. The largest absolute Gasteiger partial charge is 0.486 e. The molecule has 0 saturated carbocycles. The van der Waals surface area contributed by atoms with E-state index in [0.717, 1.165) is 6.29 Å². The molecule has 1 atom stereocenters. The van der Waals surface area contributed by atoms with Crippen molar-refractivity contribution < 1.29 is 23.9 Å². The fourth-order valence-electron chi connectivity index (χ4n) is 2.66. The van der Waals surface area contributed by atoms with Gasteiger partial charge < -0.3 is 19.7 Å². The number of hydrogen-bond donors (Lipinski definition) is 1. The van der Waals surface area contributed by atoms with Crippen molar-refractivity contribution in [1.29, 1.82) is 0 Å². The summed E-state index contributed by atoms with van der Waals surface area (Å²) < 4.78 is 5.34. The predicted molar refractivity (Wildman–Crippen MR) is 81.0 cm³/mol. The summed E-state index contributed by atoms with van der Waals surface area (Å²) in [5, 5.41) is 2.52. The third-order valence-electron chi connectivity index (χ3n) is 3.74. The third kappa shape index (κ3) is 3.39. The molecule has 0 saturated heterocycles. The number of aldehydes is 2. The quantitative estimate of drug-likeness (QED) is 0.697. The summed E-state index contributed by atoms with van der Waals surface area (Å²) in [5.41, 5.74) is 1.10. The van der Waals surface area contributed by atoms with Crippen LogP contribution in [0, 0.1) is 0 Å². The van der Waals surface area contributed by atoms with Gasteiger partial charge in [-0.15, -0.1) is 0 Å². The summed E-state index contributed by atoms with van der Waals surface area (Å²) in [6.07, 6.45) is 1.80. The van der Waals surface area contributed by atoms with Gasteiger partial charge in [-0.05, 0) is 18.6 Å². The average Bonchev–Trinajstić information content (AvgIpc) is 2.90. The number of likely N-dealkylation sites (N-methyl/N-ethyl adjacent to an activating group) is 1. The second-order valence-corrected chi connectivity index (χ2v) is 5.07. The first-order valence-corrected chi connectivity index (χ1v) is 7.28. The minimum atomic E-state index is -0.718. The number of benzene rings is 1. The van der Waals surface area contributed by atoms with Gasteiger partial charge in [-0.1, -0.05) is 6.07 Å². The lowest BCUT2D eigenvalue weighted by Crippen LogP contribution is -2.46. The Labute approximate surface area is 133 Å². The van der Waals surface area contributed by atoms with Gasteiger partial charge in [0.15, 0.2) is 6.29 Å². The van der Waals surface area contributed by atoms with E-state index < -0.39 is 6.04 Å². The zero-order valence-corrected chi connectivity index (χ0v) is 12.8. The maximum absolute atomic E-state index is 12.6. The van der Waals surface area contributed by atoms with Crippen molar-refractivity contribution in [2.24, 2.45) is 0 Å². The molecule has 0 spiro atoms. The van der Waals surface area contributed by atoms with E-state index >= 15 is 0 Å². The molecule has 1 aromatic rings. The first-order chi connectivity index (χ1) is 11.1. The van der Waals surface area contributed by atoms with Crippen LogP contribution >= 0.6 is 0 Å². The number of hydrogen-bond acceptors (Lipinski definition) is 5. The maximum Gasteiger partial charge on any atom is 0.255 e. The number of carbonyl (C=O) groups excluding carboxylic acids is 4. The molecule has 1 unspecified atom stereocenters. The van der Waals surface area contributed by atoms with E-state index in [-0.39, 0.29) is 37.8 Å². The van der Waals surface area contributed by atoms with Gasteiger partial charge in [0, 0.05) is 24.6 Å². The van der Waals surface area contributed by atoms with E-state index in [4.69, 9.17) is 4.74 Å². The molecule has 23 heavy (non-hydrogen) atoms. The van der Waals surface area contributed by atoms with Crippen molar-refractivity contribution in [3.8, 4) is 5.75 Å². The highest BCUT2D eigenvalue weighted by Crippen LogP contribution is 2.32. The van der Waals surface area contributed by atoms with Gasteiger partial charge in [0.25, 0.3) is 5.91 Å². The molecule has 7 nitrogen and oxygen atoms in total. The molecule has 0 aliphatic carbocycles. The number of ether oxygens (including phenoxy) is 1. The van der Waals surface area contributed by atoms with Crippen molar-refractivity contribution in [3.63, 3.8) is 0 Å². The van der Waals surface area contributed by atoms with Gasteiger partial charge in [0.05, 0.1) is 6.54 Å². The Morgan fingerprint density at radius 2 is 2.17 bits per heavy atom. The zero-order valence-electron chi connectivity index (χ0n) is 12.8. The number of nitrogens with one attached hydrogen (secondary N) is 1. The van der Waals surface area contributed by atoms with Crippen LogP contribution in [0.4, 0.5) is 0 Å². The Bertz CT molecular complexity index is 629. The first kappa shape index (κ1) is 16.7. The average molecular weight is 318 g/mol. The second-order valence-electron chi connectivity index (χ2n) is 5.07. The van der Waals surface area contributed by atoms with Gasteiger partial charge in [0.2, 0.25) is 5.91 Å². The van der Waals surface area contributed by atoms with Crippen molar-refractivity contribution in [3.05, 3.63) is 29.3 Å². The van der Waals surface area contributed by atoms with Crippen LogP contribution < -0.4 is 10.1 Å². The third-order valence-corrected chi connectivity index (χ3v) is 3.74. The van der Waals surface area contributed by atoms with Gasteiger partial charge in [-0.25, -0.2) is 0 Å². The molecular weight excluding hydrogens is 300 g/mol. The summed E-state index contributed by atoms with van der Waals surface area (Å²) in [4.78, 5) is 47.2. The zero-order chi connectivity index (χ0) is 16.8. The lowest BCUT2D eigenvalue weighted by molar-refractivity contribution is -0.125. The van der Waals surface area contributed by atoms with E-state index in [1.165, 1.54) is 11.9 Å².